The zero-order valence-electron chi connectivity index (χ0n) is 18.1. The minimum absolute atomic E-state index is 0.151. The van der Waals surface area contributed by atoms with Crippen LogP contribution >= 0.6 is 0 Å². The summed E-state index contributed by atoms with van der Waals surface area (Å²) >= 11 is 0. The molecule has 0 radical (unpaired) electrons. The van der Waals surface area contributed by atoms with Gasteiger partial charge >= 0.3 is 0 Å². The highest BCUT2D eigenvalue weighted by Gasteiger charge is 2.19. The number of aliphatic imine (C=N–C) groups is 1. The van der Waals surface area contributed by atoms with Gasteiger partial charge in [0.15, 0.2) is 17.6 Å². The molecule has 0 saturated heterocycles. The monoisotopic (exact) mass is 428 g/mol. The number of hydrogen-bond donors (Lipinski definition) is 2. The average Bonchev–Trinajstić information content (AvgIpc) is 2.78. The predicted octanol–water partition coefficient (Wildman–Crippen LogP) is 3.95. The van der Waals surface area contributed by atoms with Crippen molar-refractivity contribution in [2.75, 3.05) is 19.6 Å². The van der Waals surface area contributed by atoms with Crippen molar-refractivity contribution < 1.29 is 13.6 Å². The fraction of sp³-hybridized carbons (Fsp3) is 0.417. The van der Waals surface area contributed by atoms with Gasteiger partial charge in [-0.05, 0) is 55.5 Å². The van der Waals surface area contributed by atoms with E-state index in [-0.39, 0.29) is 11.9 Å². The van der Waals surface area contributed by atoms with Crippen molar-refractivity contribution in [3.8, 4) is 0 Å². The molecule has 0 aliphatic carbocycles. The Morgan fingerprint density at radius 3 is 2.68 bits per heavy atom. The molecule has 5 nitrogen and oxygen atoms in total. The lowest BCUT2D eigenvalue weighted by atomic mass is 9.99. The number of guanidine groups is 1. The van der Waals surface area contributed by atoms with Gasteiger partial charge in [0.1, 0.15) is 0 Å². The Morgan fingerprint density at radius 2 is 1.94 bits per heavy atom. The molecule has 1 aliphatic heterocycles. The number of nitrogens with zero attached hydrogens (tertiary/aromatic N) is 2. The quantitative estimate of drug-likeness (QED) is 0.399. The minimum Gasteiger partial charge on any atom is -0.357 e. The fourth-order valence-electron chi connectivity index (χ4n) is 3.68. The molecule has 2 N–H and O–H groups in total. The molecule has 166 valence electrons. The van der Waals surface area contributed by atoms with Crippen LogP contribution in [0, 0.1) is 11.6 Å². The summed E-state index contributed by atoms with van der Waals surface area (Å²) in [5, 5.41) is 6.35. The number of fused-ring (bicyclic) bond motifs is 1. The van der Waals surface area contributed by atoms with Gasteiger partial charge < -0.3 is 15.5 Å². The molecule has 0 bridgehead atoms. The lowest BCUT2D eigenvalue weighted by molar-refractivity contribution is -0.132. The van der Waals surface area contributed by atoms with Crippen molar-refractivity contribution in [3.05, 3.63) is 70.8 Å². The predicted molar refractivity (Wildman–Crippen MR) is 119 cm³/mol. The van der Waals surface area contributed by atoms with Crippen LogP contribution in [0.25, 0.3) is 0 Å². The first-order valence-electron chi connectivity index (χ1n) is 10.8. The number of hydrogen-bond acceptors (Lipinski definition) is 2. The SMILES string of the molecule is CCNC(=NCCCC(=O)N1CCc2ccccc2C1)NC(C)c1ccc(F)c(F)c1. The number of rotatable bonds is 7. The molecule has 7 heteroatoms. The number of benzene rings is 2. The van der Waals surface area contributed by atoms with E-state index in [1.165, 1.54) is 17.2 Å². The Kier molecular flexibility index (Phi) is 7.98. The second-order valence-electron chi connectivity index (χ2n) is 7.74. The smallest absolute Gasteiger partial charge is 0.222 e. The van der Waals surface area contributed by atoms with Crippen molar-refractivity contribution in [2.45, 2.75) is 45.7 Å². The molecule has 3 rings (SSSR count). The molecule has 1 aliphatic rings. The summed E-state index contributed by atoms with van der Waals surface area (Å²) < 4.78 is 26.7. The highest BCUT2D eigenvalue weighted by Crippen LogP contribution is 2.19. The van der Waals surface area contributed by atoms with E-state index in [0.29, 0.717) is 44.0 Å². The van der Waals surface area contributed by atoms with E-state index in [1.807, 2.05) is 30.9 Å². The van der Waals surface area contributed by atoms with E-state index in [1.54, 1.807) is 6.07 Å². The molecule has 1 unspecified atom stereocenters. The van der Waals surface area contributed by atoms with Gasteiger partial charge in [-0.1, -0.05) is 30.3 Å². The molecular formula is C24H30F2N4O. The van der Waals surface area contributed by atoms with Crippen LogP contribution in [0.15, 0.2) is 47.5 Å². The van der Waals surface area contributed by atoms with E-state index in [0.717, 1.165) is 19.0 Å². The van der Waals surface area contributed by atoms with Crippen LogP contribution in [0.5, 0.6) is 0 Å². The van der Waals surface area contributed by atoms with Crippen LogP contribution in [0.1, 0.15) is 49.4 Å². The Morgan fingerprint density at radius 1 is 1.16 bits per heavy atom. The molecule has 0 aromatic heterocycles. The largest absolute Gasteiger partial charge is 0.357 e. The lowest BCUT2D eigenvalue weighted by Crippen LogP contribution is -2.39. The minimum atomic E-state index is -0.869. The maximum Gasteiger partial charge on any atom is 0.222 e. The van der Waals surface area contributed by atoms with Crippen LogP contribution in [-0.4, -0.2) is 36.4 Å². The Hall–Kier alpha value is -2.96. The molecule has 0 fully saturated rings. The van der Waals surface area contributed by atoms with Crippen molar-refractivity contribution >= 4 is 11.9 Å². The van der Waals surface area contributed by atoms with Gasteiger partial charge in [0.2, 0.25) is 5.91 Å². The number of amides is 1. The average molecular weight is 429 g/mol. The Bertz CT molecular complexity index is 932. The van der Waals surface area contributed by atoms with Crippen molar-refractivity contribution in [3.63, 3.8) is 0 Å². The van der Waals surface area contributed by atoms with Gasteiger partial charge in [-0.2, -0.15) is 0 Å². The molecule has 0 saturated carbocycles. The summed E-state index contributed by atoms with van der Waals surface area (Å²) in [6.07, 6.45) is 1.99. The second kappa shape index (κ2) is 10.9. The van der Waals surface area contributed by atoms with E-state index in [2.05, 4.69) is 27.8 Å². The van der Waals surface area contributed by atoms with Gasteiger partial charge in [-0.15, -0.1) is 0 Å². The van der Waals surface area contributed by atoms with E-state index in [4.69, 9.17) is 0 Å². The lowest BCUT2D eigenvalue weighted by Gasteiger charge is -2.29. The van der Waals surface area contributed by atoms with Crippen LogP contribution < -0.4 is 10.6 Å². The first-order valence-corrected chi connectivity index (χ1v) is 10.8. The van der Waals surface area contributed by atoms with Crippen molar-refractivity contribution in [1.29, 1.82) is 0 Å². The summed E-state index contributed by atoms with van der Waals surface area (Å²) in [4.78, 5) is 19.0. The van der Waals surface area contributed by atoms with Gasteiger partial charge in [-0.25, -0.2) is 8.78 Å². The summed E-state index contributed by atoms with van der Waals surface area (Å²) in [7, 11) is 0. The van der Waals surface area contributed by atoms with Crippen LogP contribution in [0.2, 0.25) is 0 Å². The Balaban J connectivity index is 1.49. The van der Waals surface area contributed by atoms with Crippen molar-refractivity contribution in [1.82, 2.24) is 15.5 Å². The molecular weight excluding hydrogens is 398 g/mol. The number of nitrogens with one attached hydrogen (secondary N) is 2. The van der Waals surface area contributed by atoms with Crippen molar-refractivity contribution in [2.24, 2.45) is 4.99 Å². The zero-order chi connectivity index (χ0) is 22.2. The molecule has 1 heterocycles. The standard InChI is InChI=1S/C24H30F2N4O/c1-3-27-24(29-17(2)19-10-11-21(25)22(26)15-19)28-13-6-9-23(31)30-14-12-18-7-4-5-8-20(18)16-30/h4-5,7-8,10-11,15,17H,3,6,9,12-14,16H2,1-2H3,(H2,27,28,29). The first kappa shape index (κ1) is 22.7. The van der Waals surface area contributed by atoms with E-state index < -0.39 is 11.6 Å². The Labute approximate surface area is 182 Å². The molecule has 2 aromatic carbocycles. The highest BCUT2D eigenvalue weighted by atomic mass is 19.2. The van der Waals surface area contributed by atoms with Gasteiger partial charge in [0.05, 0.1) is 6.04 Å². The van der Waals surface area contributed by atoms with Crippen LogP contribution in [0.3, 0.4) is 0 Å². The van der Waals surface area contributed by atoms with Gasteiger partial charge in [0.25, 0.3) is 0 Å². The topological polar surface area (TPSA) is 56.7 Å². The molecule has 31 heavy (non-hydrogen) atoms. The van der Waals surface area contributed by atoms with Gasteiger partial charge in [0, 0.05) is 32.6 Å². The first-order chi connectivity index (χ1) is 15.0. The maximum atomic E-state index is 13.5. The fourth-order valence-corrected chi connectivity index (χ4v) is 3.68. The third kappa shape index (κ3) is 6.26. The number of carbonyl (C=O) groups excluding carboxylic acids is 1. The highest BCUT2D eigenvalue weighted by molar-refractivity contribution is 5.80. The van der Waals surface area contributed by atoms with E-state index in [9.17, 15) is 13.6 Å². The zero-order valence-corrected chi connectivity index (χ0v) is 18.1. The molecule has 1 amide bonds. The second-order valence-corrected chi connectivity index (χ2v) is 7.74. The third-order valence-corrected chi connectivity index (χ3v) is 5.44. The summed E-state index contributed by atoms with van der Waals surface area (Å²) in [5.41, 5.74) is 3.18. The molecule has 2 aromatic rings. The van der Waals surface area contributed by atoms with Crippen LogP contribution in [0.4, 0.5) is 8.78 Å². The normalized spacial score (nSPS) is 14.7. The van der Waals surface area contributed by atoms with Crippen LogP contribution in [-0.2, 0) is 17.8 Å². The summed E-state index contributed by atoms with van der Waals surface area (Å²) in [6.45, 7) is 6.41. The summed E-state index contributed by atoms with van der Waals surface area (Å²) in [6, 6.07) is 11.9. The van der Waals surface area contributed by atoms with E-state index >= 15 is 0 Å². The molecule has 0 spiro atoms. The maximum absolute atomic E-state index is 13.5. The summed E-state index contributed by atoms with van der Waals surface area (Å²) in [5.74, 6) is -0.998. The number of halogens is 2. The van der Waals surface area contributed by atoms with Gasteiger partial charge in [-0.3, -0.25) is 9.79 Å². The number of carbonyl (C=O) groups is 1. The third-order valence-electron chi connectivity index (χ3n) is 5.44. The molecule has 1 atom stereocenters.